The molecule has 1 aliphatic heterocycles. The van der Waals surface area contributed by atoms with Crippen molar-refractivity contribution < 1.29 is 8.42 Å². The monoisotopic (exact) mass is 191 g/mol. The van der Waals surface area contributed by atoms with Crippen LogP contribution < -0.4 is 5.32 Å². The van der Waals surface area contributed by atoms with Gasteiger partial charge in [0.05, 0.1) is 10.00 Å². The van der Waals surface area contributed by atoms with Crippen LogP contribution in [-0.2, 0) is 9.84 Å². The Morgan fingerprint density at radius 3 is 2.25 bits per heavy atom. The van der Waals surface area contributed by atoms with Crippen molar-refractivity contribution in [2.45, 2.75) is 37.2 Å². The van der Waals surface area contributed by atoms with Gasteiger partial charge in [0.15, 0.2) is 9.84 Å². The highest BCUT2D eigenvalue weighted by Crippen LogP contribution is 2.23. The third kappa shape index (κ3) is 1.64. The molecule has 3 nitrogen and oxygen atoms in total. The van der Waals surface area contributed by atoms with Crippen LogP contribution >= 0.6 is 0 Å². The first-order chi connectivity index (χ1) is 5.36. The predicted octanol–water partition coefficient (Wildman–Crippen LogP) is 0.562. The Balaban J connectivity index is 2.85. The Morgan fingerprint density at radius 2 is 1.92 bits per heavy atom. The zero-order chi connectivity index (χ0) is 9.41. The fourth-order valence-electron chi connectivity index (χ4n) is 1.39. The van der Waals surface area contributed by atoms with Crippen molar-refractivity contribution in [2.75, 3.05) is 13.1 Å². The topological polar surface area (TPSA) is 46.2 Å². The minimum atomic E-state index is -2.94. The van der Waals surface area contributed by atoms with Crippen LogP contribution in [0.2, 0.25) is 0 Å². The lowest BCUT2D eigenvalue weighted by Crippen LogP contribution is -2.38. The van der Waals surface area contributed by atoms with Gasteiger partial charge in [0.2, 0.25) is 0 Å². The molecule has 1 aliphatic rings. The van der Waals surface area contributed by atoms with Gasteiger partial charge >= 0.3 is 0 Å². The molecule has 1 saturated heterocycles. The van der Waals surface area contributed by atoms with Crippen LogP contribution in [0.1, 0.15) is 27.2 Å². The number of hydrogen-bond donors (Lipinski definition) is 1. The highest BCUT2D eigenvalue weighted by Gasteiger charge is 2.38. The Bertz CT molecular complexity index is 245. The van der Waals surface area contributed by atoms with E-state index in [2.05, 4.69) is 5.32 Å². The summed E-state index contributed by atoms with van der Waals surface area (Å²) in [6, 6.07) is 0. The standard InChI is InChI=1S/C8H17NO2S/c1-8(2,3)12(10,11)7-4-5-9-6-7/h7,9H,4-6H2,1-3H3/t7-/m0/s1. The summed E-state index contributed by atoms with van der Waals surface area (Å²) in [5, 5.41) is 2.90. The van der Waals surface area contributed by atoms with Gasteiger partial charge < -0.3 is 5.32 Å². The minimum Gasteiger partial charge on any atom is -0.315 e. The van der Waals surface area contributed by atoms with E-state index in [0.29, 0.717) is 6.54 Å². The van der Waals surface area contributed by atoms with E-state index in [1.165, 1.54) is 0 Å². The highest BCUT2D eigenvalue weighted by molar-refractivity contribution is 7.93. The quantitative estimate of drug-likeness (QED) is 0.659. The molecule has 0 aromatic rings. The largest absolute Gasteiger partial charge is 0.315 e. The van der Waals surface area contributed by atoms with Crippen molar-refractivity contribution in [1.82, 2.24) is 5.32 Å². The molecule has 0 aromatic carbocycles. The first kappa shape index (κ1) is 9.99. The van der Waals surface area contributed by atoms with Gasteiger partial charge in [-0.05, 0) is 33.7 Å². The maximum absolute atomic E-state index is 11.8. The molecule has 1 rings (SSSR count). The van der Waals surface area contributed by atoms with E-state index < -0.39 is 14.6 Å². The Labute approximate surface area is 74.5 Å². The highest BCUT2D eigenvalue weighted by atomic mass is 32.2. The van der Waals surface area contributed by atoms with E-state index in [-0.39, 0.29) is 5.25 Å². The second kappa shape index (κ2) is 3.00. The van der Waals surface area contributed by atoms with Crippen LogP contribution in [0.15, 0.2) is 0 Å². The van der Waals surface area contributed by atoms with Gasteiger partial charge in [-0.2, -0.15) is 0 Å². The molecule has 1 N–H and O–H groups in total. The lowest BCUT2D eigenvalue weighted by atomic mass is 10.3. The van der Waals surface area contributed by atoms with E-state index in [1.807, 2.05) is 0 Å². The van der Waals surface area contributed by atoms with Crippen molar-refractivity contribution in [1.29, 1.82) is 0 Å². The van der Waals surface area contributed by atoms with E-state index in [1.54, 1.807) is 20.8 Å². The molecule has 0 amide bonds. The molecular weight excluding hydrogens is 174 g/mol. The van der Waals surface area contributed by atoms with E-state index in [9.17, 15) is 8.42 Å². The zero-order valence-electron chi connectivity index (χ0n) is 7.92. The third-order valence-electron chi connectivity index (χ3n) is 2.31. The van der Waals surface area contributed by atoms with Gasteiger partial charge in [-0.15, -0.1) is 0 Å². The molecule has 0 unspecified atom stereocenters. The molecule has 1 heterocycles. The Hall–Kier alpha value is -0.0900. The van der Waals surface area contributed by atoms with Crippen molar-refractivity contribution in [3.05, 3.63) is 0 Å². The lowest BCUT2D eigenvalue weighted by molar-refractivity contribution is 0.546. The fourth-order valence-corrected chi connectivity index (χ4v) is 3.16. The predicted molar refractivity (Wildman–Crippen MR) is 49.9 cm³/mol. The smallest absolute Gasteiger partial charge is 0.159 e. The zero-order valence-corrected chi connectivity index (χ0v) is 8.74. The van der Waals surface area contributed by atoms with Gasteiger partial charge in [-0.25, -0.2) is 8.42 Å². The van der Waals surface area contributed by atoms with Crippen LogP contribution in [0.3, 0.4) is 0 Å². The second-order valence-electron chi connectivity index (χ2n) is 4.27. The van der Waals surface area contributed by atoms with E-state index >= 15 is 0 Å². The number of rotatable bonds is 1. The summed E-state index contributed by atoms with van der Waals surface area (Å²) in [5.41, 5.74) is 0. The number of hydrogen-bond acceptors (Lipinski definition) is 3. The maximum Gasteiger partial charge on any atom is 0.159 e. The average molecular weight is 191 g/mol. The van der Waals surface area contributed by atoms with Crippen LogP contribution in [0.25, 0.3) is 0 Å². The van der Waals surface area contributed by atoms with Crippen LogP contribution in [0.4, 0.5) is 0 Å². The summed E-state index contributed by atoms with van der Waals surface area (Å²) in [7, 11) is -2.94. The second-order valence-corrected chi connectivity index (χ2v) is 7.25. The van der Waals surface area contributed by atoms with Crippen molar-refractivity contribution in [3.8, 4) is 0 Å². The number of sulfone groups is 1. The lowest BCUT2D eigenvalue weighted by Gasteiger charge is -2.23. The van der Waals surface area contributed by atoms with Gasteiger partial charge in [0, 0.05) is 6.54 Å². The van der Waals surface area contributed by atoms with Crippen molar-refractivity contribution in [2.24, 2.45) is 0 Å². The molecule has 4 heteroatoms. The average Bonchev–Trinajstić information content (AvgIpc) is 2.34. The molecule has 1 atom stereocenters. The molecule has 1 fully saturated rings. The molecule has 12 heavy (non-hydrogen) atoms. The first-order valence-corrected chi connectivity index (χ1v) is 5.84. The summed E-state index contributed by atoms with van der Waals surface area (Å²) in [6.07, 6.45) is 0.763. The summed E-state index contributed by atoms with van der Waals surface area (Å²) >= 11 is 0. The number of nitrogens with one attached hydrogen (secondary N) is 1. The molecule has 0 spiro atoms. The first-order valence-electron chi connectivity index (χ1n) is 4.30. The molecule has 72 valence electrons. The van der Waals surface area contributed by atoms with Crippen molar-refractivity contribution in [3.63, 3.8) is 0 Å². The van der Waals surface area contributed by atoms with Gasteiger partial charge in [0.1, 0.15) is 0 Å². The van der Waals surface area contributed by atoms with Gasteiger partial charge in [-0.1, -0.05) is 0 Å². The molecule has 0 bridgehead atoms. The van der Waals surface area contributed by atoms with E-state index in [0.717, 1.165) is 13.0 Å². The molecule has 0 radical (unpaired) electrons. The molecule has 0 saturated carbocycles. The molecule has 0 aliphatic carbocycles. The summed E-state index contributed by atoms with van der Waals surface area (Å²) in [4.78, 5) is 0. The fraction of sp³-hybridized carbons (Fsp3) is 1.00. The van der Waals surface area contributed by atoms with Crippen LogP contribution in [-0.4, -0.2) is 31.5 Å². The molecule has 0 aromatic heterocycles. The Morgan fingerprint density at radius 1 is 1.33 bits per heavy atom. The summed E-state index contributed by atoms with van der Waals surface area (Å²) in [5.74, 6) is 0. The Kier molecular flexibility index (Phi) is 2.50. The van der Waals surface area contributed by atoms with Gasteiger partial charge in [-0.3, -0.25) is 0 Å². The third-order valence-corrected chi connectivity index (χ3v) is 5.29. The SMILES string of the molecule is CC(C)(C)S(=O)(=O)[C@H]1CCNC1. The summed E-state index contributed by atoms with van der Waals surface area (Å²) in [6.45, 7) is 6.75. The van der Waals surface area contributed by atoms with Crippen molar-refractivity contribution >= 4 is 9.84 Å². The maximum atomic E-state index is 11.8. The van der Waals surface area contributed by atoms with Crippen LogP contribution in [0, 0.1) is 0 Å². The molecular formula is C8H17NO2S. The van der Waals surface area contributed by atoms with Crippen LogP contribution in [0.5, 0.6) is 0 Å². The normalized spacial score (nSPS) is 26.1. The minimum absolute atomic E-state index is 0.169. The van der Waals surface area contributed by atoms with E-state index in [4.69, 9.17) is 0 Å². The van der Waals surface area contributed by atoms with Gasteiger partial charge in [0.25, 0.3) is 0 Å². The summed E-state index contributed by atoms with van der Waals surface area (Å²) < 4.78 is 23.0.